The Bertz CT molecular complexity index is 656. The highest BCUT2D eigenvalue weighted by Gasteiger charge is 2.15. The van der Waals surface area contributed by atoms with Gasteiger partial charge in [-0.05, 0) is 37.7 Å². The Balaban J connectivity index is 0.00000225. The predicted octanol–water partition coefficient (Wildman–Crippen LogP) is 3.91. The number of guanidine groups is 1. The molecule has 1 unspecified atom stereocenters. The van der Waals surface area contributed by atoms with Gasteiger partial charge < -0.3 is 15.1 Å². The van der Waals surface area contributed by atoms with Crippen molar-refractivity contribution < 1.29 is 4.42 Å². The standard InChI is InChI=1S/C18H24N4OS.HI/c1-2-19-18(21-12-16-9-6-10-24-16)20-11-15-13-23-17(22-15)14-7-4-3-5-8-14;/h3-5,7-8,13,16H,2,6,9-12H2,1H3,(H2,19,20,21);1H. The van der Waals surface area contributed by atoms with E-state index in [4.69, 9.17) is 4.42 Å². The van der Waals surface area contributed by atoms with Crippen molar-refractivity contribution in [3.63, 3.8) is 0 Å². The molecular weight excluding hydrogens is 447 g/mol. The second-order valence-electron chi connectivity index (χ2n) is 5.72. The van der Waals surface area contributed by atoms with Gasteiger partial charge in [-0.2, -0.15) is 11.8 Å². The van der Waals surface area contributed by atoms with Crippen molar-refractivity contribution in [3.8, 4) is 11.5 Å². The van der Waals surface area contributed by atoms with Crippen LogP contribution in [0.15, 0.2) is 46.0 Å². The molecule has 2 heterocycles. The third kappa shape index (κ3) is 6.22. The molecule has 0 radical (unpaired) electrons. The lowest BCUT2D eigenvalue weighted by Crippen LogP contribution is -2.40. The topological polar surface area (TPSA) is 62.5 Å². The molecule has 7 heteroatoms. The number of hydrogen-bond donors (Lipinski definition) is 2. The van der Waals surface area contributed by atoms with Crippen molar-refractivity contribution in [1.29, 1.82) is 0 Å². The number of halogens is 1. The molecule has 3 rings (SSSR count). The maximum atomic E-state index is 5.56. The van der Waals surface area contributed by atoms with Crippen LogP contribution in [0.3, 0.4) is 0 Å². The van der Waals surface area contributed by atoms with E-state index in [1.165, 1.54) is 18.6 Å². The molecule has 1 saturated heterocycles. The van der Waals surface area contributed by atoms with E-state index in [0.717, 1.165) is 30.3 Å². The van der Waals surface area contributed by atoms with Gasteiger partial charge >= 0.3 is 0 Å². The number of hydrogen-bond acceptors (Lipinski definition) is 4. The van der Waals surface area contributed by atoms with Gasteiger partial charge in [0.1, 0.15) is 12.0 Å². The van der Waals surface area contributed by atoms with Gasteiger partial charge in [-0.15, -0.1) is 24.0 Å². The molecule has 2 aromatic rings. The molecule has 1 aromatic carbocycles. The van der Waals surface area contributed by atoms with Crippen molar-refractivity contribution in [1.82, 2.24) is 15.6 Å². The van der Waals surface area contributed by atoms with Crippen LogP contribution in [-0.2, 0) is 6.54 Å². The van der Waals surface area contributed by atoms with E-state index < -0.39 is 0 Å². The highest BCUT2D eigenvalue weighted by Crippen LogP contribution is 2.25. The van der Waals surface area contributed by atoms with Crippen LogP contribution in [-0.4, -0.2) is 35.0 Å². The quantitative estimate of drug-likeness (QED) is 0.379. The molecule has 1 fully saturated rings. The summed E-state index contributed by atoms with van der Waals surface area (Å²) in [4.78, 5) is 9.13. The predicted molar refractivity (Wildman–Crippen MR) is 116 cm³/mol. The molecular formula is C18H25IN4OS. The molecule has 0 saturated carbocycles. The van der Waals surface area contributed by atoms with Crippen LogP contribution in [0, 0.1) is 0 Å². The lowest BCUT2D eigenvalue weighted by Gasteiger charge is -2.14. The molecule has 1 aliphatic rings. The number of aromatic nitrogens is 1. The summed E-state index contributed by atoms with van der Waals surface area (Å²) in [6.07, 6.45) is 4.30. The molecule has 5 nitrogen and oxygen atoms in total. The Morgan fingerprint density at radius 1 is 1.32 bits per heavy atom. The van der Waals surface area contributed by atoms with E-state index in [1.54, 1.807) is 6.26 Å². The summed E-state index contributed by atoms with van der Waals surface area (Å²) >= 11 is 2.05. The highest BCUT2D eigenvalue weighted by molar-refractivity contribution is 14.0. The maximum absolute atomic E-state index is 5.56. The molecule has 1 atom stereocenters. The van der Waals surface area contributed by atoms with E-state index in [-0.39, 0.29) is 24.0 Å². The Morgan fingerprint density at radius 3 is 2.88 bits per heavy atom. The van der Waals surface area contributed by atoms with Gasteiger partial charge in [0.05, 0.1) is 6.54 Å². The lowest BCUT2D eigenvalue weighted by molar-refractivity contribution is 0.572. The summed E-state index contributed by atoms with van der Waals surface area (Å²) in [7, 11) is 0. The van der Waals surface area contributed by atoms with Crippen molar-refractivity contribution in [2.45, 2.75) is 31.6 Å². The summed E-state index contributed by atoms with van der Waals surface area (Å²) in [6, 6.07) is 9.92. The highest BCUT2D eigenvalue weighted by atomic mass is 127. The second kappa shape index (κ2) is 10.7. The first-order chi connectivity index (χ1) is 11.8. The minimum absolute atomic E-state index is 0. The zero-order chi connectivity index (χ0) is 16.6. The van der Waals surface area contributed by atoms with Crippen molar-refractivity contribution >= 4 is 41.7 Å². The van der Waals surface area contributed by atoms with E-state index >= 15 is 0 Å². The maximum Gasteiger partial charge on any atom is 0.226 e. The minimum Gasteiger partial charge on any atom is -0.444 e. The fourth-order valence-electron chi connectivity index (χ4n) is 2.61. The fraction of sp³-hybridized carbons (Fsp3) is 0.444. The zero-order valence-corrected chi connectivity index (χ0v) is 17.6. The van der Waals surface area contributed by atoms with E-state index in [9.17, 15) is 0 Å². The molecule has 0 spiro atoms. The Labute approximate surface area is 170 Å². The molecule has 0 aliphatic carbocycles. The minimum atomic E-state index is 0. The van der Waals surface area contributed by atoms with Gasteiger partial charge in [0.2, 0.25) is 5.89 Å². The van der Waals surface area contributed by atoms with Crippen LogP contribution in [0.2, 0.25) is 0 Å². The first kappa shape index (κ1) is 20.1. The van der Waals surface area contributed by atoms with Gasteiger partial charge in [0, 0.05) is 23.9 Å². The number of oxazole rings is 1. The van der Waals surface area contributed by atoms with Gasteiger partial charge in [-0.1, -0.05) is 18.2 Å². The largest absolute Gasteiger partial charge is 0.444 e. The molecule has 2 N–H and O–H groups in total. The first-order valence-electron chi connectivity index (χ1n) is 8.48. The summed E-state index contributed by atoms with van der Waals surface area (Å²) in [6.45, 7) is 4.39. The van der Waals surface area contributed by atoms with E-state index in [2.05, 4.69) is 27.5 Å². The van der Waals surface area contributed by atoms with Crippen LogP contribution in [0.1, 0.15) is 25.5 Å². The van der Waals surface area contributed by atoms with Crippen LogP contribution >= 0.6 is 35.7 Å². The number of nitrogens with zero attached hydrogens (tertiary/aromatic N) is 2. The van der Waals surface area contributed by atoms with Gasteiger partial charge in [-0.3, -0.25) is 0 Å². The summed E-state index contributed by atoms with van der Waals surface area (Å²) in [5, 5.41) is 7.42. The molecule has 136 valence electrons. The lowest BCUT2D eigenvalue weighted by atomic mass is 10.2. The molecule has 1 aromatic heterocycles. The fourth-order valence-corrected chi connectivity index (χ4v) is 3.81. The number of nitrogens with one attached hydrogen (secondary N) is 2. The average Bonchev–Trinajstić information content (AvgIpc) is 3.30. The summed E-state index contributed by atoms with van der Waals surface area (Å²) < 4.78 is 5.56. The SMILES string of the molecule is CCNC(=NCc1coc(-c2ccccc2)n1)NCC1CCCS1.I. The third-order valence-corrected chi connectivity index (χ3v) is 5.24. The first-order valence-corrected chi connectivity index (χ1v) is 9.53. The third-order valence-electron chi connectivity index (χ3n) is 3.84. The monoisotopic (exact) mass is 472 g/mol. The van der Waals surface area contributed by atoms with Crippen LogP contribution in [0.4, 0.5) is 0 Å². The molecule has 0 amide bonds. The number of aliphatic imine (C=N–C) groups is 1. The van der Waals surface area contributed by atoms with Crippen molar-refractivity contribution in [2.75, 3.05) is 18.8 Å². The smallest absolute Gasteiger partial charge is 0.226 e. The summed E-state index contributed by atoms with van der Waals surface area (Å²) in [5.41, 5.74) is 1.82. The Kier molecular flexibility index (Phi) is 8.60. The molecule has 1 aliphatic heterocycles. The van der Waals surface area contributed by atoms with Crippen LogP contribution in [0.5, 0.6) is 0 Å². The van der Waals surface area contributed by atoms with E-state index in [1.807, 2.05) is 42.1 Å². The average molecular weight is 472 g/mol. The van der Waals surface area contributed by atoms with Crippen LogP contribution in [0.25, 0.3) is 11.5 Å². The normalized spacial score (nSPS) is 17.2. The Morgan fingerprint density at radius 2 is 2.16 bits per heavy atom. The van der Waals surface area contributed by atoms with Gasteiger partial charge in [0.15, 0.2) is 5.96 Å². The number of thioether (sulfide) groups is 1. The zero-order valence-electron chi connectivity index (χ0n) is 14.4. The summed E-state index contributed by atoms with van der Waals surface area (Å²) in [5.74, 6) is 2.76. The number of rotatable bonds is 6. The van der Waals surface area contributed by atoms with Gasteiger partial charge in [-0.25, -0.2) is 9.98 Å². The number of benzene rings is 1. The van der Waals surface area contributed by atoms with Gasteiger partial charge in [0.25, 0.3) is 0 Å². The molecule has 25 heavy (non-hydrogen) atoms. The second-order valence-corrected chi connectivity index (χ2v) is 7.13. The van der Waals surface area contributed by atoms with Crippen LogP contribution < -0.4 is 10.6 Å². The Hall–Kier alpha value is -1.22. The molecule has 0 bridgehead atoms. The van der Waals surface area contributed by atoms with E-state index in [0.29, 0.717) is 17.7 Å². The van der Waals surface area contributed by atoms with Crippen molar-refractivity contribution in [3.05, 3.63) is 42.3 Å². The van der Waals surface area contributed by atoms with Crippen molar-refractivity contribution in [2.24, 2.45) is 4.99 Å².